The van der Waals surface area contributed by atoms with Crippen molar-refractivity contribution in [2.45, 2.75) is 19.8 Å². The van der Waals surface area contributed by atoms with E-state index in [0.29, 0.717) is 67.2 Å². The minimum Gasteiger partial charge on any atom is -0.478 e. The highest BCUT2D eigenvalue weighted by atomic mass is 35.5. The molecule has 0 unspecified atom stereocenters. The Balaban J connectivity index is 0.00000253. The molecule has 9 nitrogen and oxygen atoms in total. The topological polar surface area (TPSA) is 115 Å². The van der Waals surface area contributed by atoms with Crippen molar-refractivity contribution in [3.05, 3.63) is 65.7 Å². The Hall–Kier alpha value is -3.11. The van der Waals surface area contributed by atoms with Crippen LogP contribution in [0, 0.1) is 0 Å². The van der Waals surface area contributed by atoms with Gasteiger partial charge in [0, 0.05) is 49.4 Å². The number of pyridine rings is 1. The molecule has 39 heavy (non-hydrogen) atoms. The SMILES string of the molecule is CCCCNC(=O)CN1CCN(c2cc(C(=O)O)c3cc(NC(=O)c4ccccc4)ccc3n2)CC1.Cl.Cl.Cl. The summed E-state index contributed by atoms with van der Waals surface area (Å²) < 4.78 is 0. The molecule has 1 aromatic heterocycles. The van der Waals surface area contributed by atoms with Gasteiger partial charge < -0.3 is 20.6 Å². The quantitative estimate of drug-likeness (QED) is 0.311. The fourth-order valence-corrected chi connectivity index (χ4v) is 4.22. The van der Waals surface area contributed by atoms with Crippen LogP contribution in [0.4, 0.5) is 11.5 Å². The number of rotatable bonds is 9. The van der Waals surface area contributed by atoms with Gasteiger partial charge in [0.2, 0.25) is 5.91 Å². The van der Waals surface area contributed by atoms with E-state index in [2.05, 4.69) is 22.5 Å². The number of carboxylic acids is 1. The first-order valence-corrected chi connectivity index (χ1v) is 12.2. The molecule has 4 rings (SSSR count). The van der Waals surface area contributed by atoms with Crippen molar-refractivity contribution >= 4 is 77.4 Å². The highest BCUT2D eigenvalue weighted by molar-refractivity contribution is 6.08. The number of fused-ring (bicyclic) bond motifs is 1. The normalized spacial score (nSPS) is 12.9. The number of carboxylic acid groups (broad SMARTS) is 1. The van der Waals surface area contributed by atoms with E-state index in [1.807, 2.05) is 11.0 Å². The van der Waals surface area contributed by atoms with Gasteiger partial charge in [-0.15, -0.1) is 37.2 Å². The van der Waals surface area contributed by atoms with Crippen LogP contribution in [0.25, 0.3) is 10.9 Å². The van der Waals surface area contributed by atoms with Gasteiger partial charge in [-0.3, -0.25) is 14.5 Å². The second-order valence-corrected chi connectivity index (χ2v) is 8.85. The fourth-order valence-electron chi connectivity index (χ4n) is 4.22. The molecule has 0 radical (unpaired) electrons. The molecule has 0 atom stereocenters. The molecule has 0 spiro atoms. The summed E-state index contributed by atoms with van der Waals surface area (Å²) in [6, 6.07) is 15.5. The number of halogens is 3. The molecule has 3 N–H and O–H groups in total. The number of carbonyl (C=O) groups is 3. The number of hydrogen-bond donors (Lipinski definition) is 3. The summed E-state index contributed by atoms with van der Waals surface area (Å²) in [7, 11) is 0. The van der Waals surface area contributed by atoms with Crippen molar-refractivity contribution < 1.29 is 19.5 Å². The van der Waals surface area contributed by atoms with E-state index in [-0.39, 0.29) is 54.6 Å². The fraction of sp³-hybridized carbons (Fsp3) is 0.333. The van der Waals surface area contributed by atoms with E-state index in [9.17, 15) is 19.5 Å². The lowest BCUT2D eigenvalue weighted by Crippen LogP contribution is -2.49. The van der Waals surface area contributed by atoms with Gasteiger partial charge in [0.1, 0.15) is 5.82 Å². The van der Waals surface area contributed by atoms with Crippen molar-refractivity contribution in [3.8, 4) is 0 Å². The number of carbonyl (C=O) groups excluding carboxylic acids is 2. The number of hydrogen-bond acceptors (Lipinski definition) is 6. The first-order chi connectivity index (χ1) is 17.4. The molecular formula is C27H34Cl3N5O4. The zero-order chi connectivity index (χ0) is 25.5. The van der Waals surface area contributed by atoms with Crippen LogP contribution in [0.2, 0.25) is 0 Å². The zero-order valence-corrected chi connectivity index (χ0v) is 24.0. The second-order valence-electron chi connectivity index (χ2n) is 8.85. The molecule has 0 bridgehead atoms. The Labute approximate surface area is 246 Å². The summed E-state index contributed by atoms with van der Waals surface area (Å²) in [4.78, 5) is 45.6. The van der Waals surface area contributed by atoms with E-state index in [4.69, 9.17) is 4.98 Å². The molecule has 0 saturated carbocycles. The molecule has 212 valence electrons. The first kappa shape index (κ1) is 33.9. The molecule has 1 aliphatic rings. The highest BCUT2D eigenvalue weighted by Gasteiger charge is 2.22. The molecule has 1 fully saturated rings. The minimum atomic E-state index is -1.06. The van der Waals surface area contributed by atoms with Crippen LogP contribution in [0.15, 0.2) is 54.6 Å². The van der Waals surface area contributed by atoms with Crippen molar-refractivity contribution in [2.24, 2.45) is 0 Å². The van der Waals surface area contributed by atoms with Crippen LogP contribution in [-0.2, 0) is 4.79 Å². The molecule has 1 aliphatic heterocycles. The molecule has 1 saturated heterocycles. The lowest BCUT2D eigenvalue weighted by atomic mass is 10.1. The number of piperazine rings is 1. The van der Waals surface area contributed by atoms with Gasteiger partial charge in [0.05, 0.1) is 17.6 Å². The summed E-state index contributed by atoms with van der Waals surface area (Å²) in [6.45, 7) is 5.81. The summed E-state index contributed by atoms with van der Waals surface area (Å²) in [6.07, 6.45) is 2.01. The third kappa shape index (κ3) is 8.96. The molecule has 2 heterocycles. The van der Waals surface area contributed by atoms with Gasteiger partial charge in [-0.25, -0.2) is 9.78 Å². The number of nitrogens with zero attached hydrogens (tertiary/aromatic N) is 3. The maximum atomic E-state index is 12.5. The number of unbranched alkanes of at least 4 members (excludes halogenated alkanes) is 1. The summed E-state index contributed by atoms with van der Waals surface area (Å²) in [5.41, 5.74) is 1.69. The highest BCUT2D eigenvalue weighted by Crippen LogP contribution is 2.27. The minimum absolute atomic E-state index is 0. The van der Waals surface area contributed by atoms with Crippen LogP contribution >= 0.6 is 37.2 Å². The van der Waals surface area contributed by atoms with Gasteiger partial charge in [0.25, 0.3) is 5.91 Å². The number of nitrogens with one attached hydrogen (secondary N) is 2. The van der Waals surface area contributed by atoms with Gasteiger partial charge >= 0.3 is 5.97 Å². The molecule has 0 aliphatic carbocycles. The molecule has 2 amide bonds. The van der Waals surface area contributed by atoms with Crippen LogP contribution in [-0.4, -0.2) is 72.0 Å². The number of benzene rings is 2. The van der Waals surface area contributed by atoms with E-state index in [0.717, 1.165) is 12.8 Å². The molecule has 3 aromatic rings. The summed E-state index contributed by atoms with van der Waals surface area (Å²) in [5.74, 6) is -0.706. The number of anilines is 2. The van der Waals surface area contributed by atoms with Gasteiger partial charge in [0.15, 0.2) is 0 Å². The van der Waals surface area contributed by atoms with Crippen LogP contribution in [0.5, 0.6) is 0 Å². The lowest BCUT2D eigenvalue weighted by Gasteiger charge is -2.35. The smallest absolute Gasteiger partial charge is 0.336 e. The first-order valence-electron chi connectivity index (χ1n) is 12.2. The second kappa shape index (κ2) is 16.1. The average molecular weight is 599 g/mol. The standard InChI is InChI=1S/C27H31N5O4.3ClH/c1-2-3-11-28-25(33)18-31-12-14-32(15-13-31)24-17-22(27(35)36)21-16-20(9-10-23(21)30-24)29-26(34)19-7-5-4-6-8-19;;;/h4-10,16-17H,2-3,11-15,18H2,1H3,(H,28,33)(H,29,34)(H,35,36);3*1H. The van der Waals surface area contributed by atoms with E-state index >= 15 is 0 Å². The van der Waals surface area contributed by atoms with Crippen molar-refractivity contribution in [3.63, 3.8) is 0 Å². The van der Waals surface area contributed by atoms with E-state index < -0.39 is 5.97 Å². The largest absolute Gasteiger partial charge is 0.478 e. The van der Waals surface area contributed by atoms with Crippen LogP contribution < -0.4 is 15.5 Å². The molecular weight excluding hydrogens is 565 g/mol. The predicted octanol–water partition coefficient (Wildman–Crippen LogP) is 4.49. The maximum Gasteiger partial charge on any atom is 0.336 e. The Morgan fingerprint density at radius 2 is 1.64 bits per heavy atom. The van der Waals surface area contributed by atoms with Crippen LogP contribution in [0.1, 0.15) is 40.5 Å². The number of amides is 2. The Morgan fingerprint density at radius 3 is 2.28 bits per heavy atom. The Morgan fingerprint density at radius 1 is 0.949 bits per heavy atom. The third-order valence-corrected chi connectivity index (χ3v) is 6.24. The number of aromatic nitrogens is 1. The molecule has 12 heteroatoms. The Kier molecular flexibility index (Phi) is 14.0. The van der Waals surface area contributed by atoms with Crippen molar-refractivity contribution in [1.82, 2.24) is 15.2 Å². The third-order valence-electron chi connectivity index (χ3n) is 6.24. The van der Waals surface area contributed by atoms with Crippen molar-refractivity contribution in [1.29, 1.82) is 0 Å². The average Bonchev–Trinajstić information content (AvgIpc) is 2.89. The molecule has 2 aromatic carbocycles. The Bertz CT molecular complexity index is 1250. The van der Waals surface area contributed by atoms with Gasteiger partial charge in [-0.2, -0.15) is 0 Å². The van der Waals surface area contributed by atoms with E-state index in [1.54, 1.807) is 48.5 Å². The van der Waals surface area contributed by atoms with E-state index in [1.165, 1.54) is 0 Å². The van der Waals surface area contributed by atoms with Gasteiger partial charge in [-0.05, 0) is 42.8 Å². The van der Waals surface area contributed by atoms with Crippen molar-refractivity contribution in [2.75, 3.05) is 49.5 Å². The monoisotopic (exact) mass is 597 g/mol. The summed E-state index contributed by atoms with van der Waals surface area (Å²) in [5, 5.41) is 16.1. The predicted molar refractivity (Wildman–Crippen MR) is 161 cm³/mol. The maximum absolute atomic E-state index is 12.5. The van der Waals surface area contributed by atoms with Crippen LogP contribution in [0.3, 0.4) is 0 Å². The number of aromatic carboxylic acids is 1. The lowest BCUT2D eigenvalue weighted by molar-refractivity contribution is -0.122. The zero-order valence-electron chi connectivity index (χ0n) is 21.6. The van der Waals surface area contributed by atoms with Gasteiger partial charge in [-0.1, -0.05) is 31.5 Å². The summed E-state index contributed by atoms with van der Waals surface area (Å²) >= 11 is 0.